The van der Waals surface area contributed by atoms with Crippen molar-refractivity contribution in [3.8, 4) is 6.07 Å². The summed E-state index contributed by atoms with van der Waals surface area (Å²) in [5.41, 5.74) is 2.28. The van der Waals surface area contributed by atoms with Crippen molar-refractivity contribution in [1.82, 2.24) is 0 Å². The zero-order valence-electron chi connectivity index (χ0n) is 12.9. The summed E-state index contributed by atoms with van der Waals surface area (Å²) in [5.74, 6) is -0.597. The zero-order valence-corrected chi connectivity index (χ0v) is 12.9. The SMILES string of the molecule is CCOC(=O)c1cccc(C(=O)c2cccc(CCC#N)c2)c1. The number of aryl methyl sites for hydroxylation is 1. The van der Waals surface area contributed by atoms with Crippen molar-refractivity contribution < 1.29 is 14.3 Å². The Kier molecular flexibility index (Phi) is 5.65. The molecule has 116 valence electrons. The Balaban J connectivity index is 2.25. The fraction of sp³-hybridized carbons (Fsp3) is 0.211. The van der Waals surface area contributed by atoms with Crippen LogP contribution in [0.1, 0.15) is 45.2 Å². The molecule has 0 saturated heterocycles. The maximum Gasteiger partial charge on any atom is 0.338 e. The fourth-order valence-electron chi connectivity index (χ4n) is 2.24. The maximum absolute atomic E-state index is 12.6. The molecule has 0 spiro atoms. The van der Waals surface area contributed by atoms with Crippen molar-refractivity contribution in [3.63, 3.8) is 0 Å². The summed E-state index contributed by atoms with van der Waals surface area (Å²) >= 11 is 0. The molecule has 23 heavy (non-hydrogen) atoms. The van der Waals surface area contributed by atoms with E-state index in [9.17, 15) is 9.59 Å². The molecule has 2 rings (SSSR count). The summed E-state index contributed by atoms with van der Waals surface area (Å²) in [4.78, 5) is 24.4. The second kappa shape index (κ2) is 7.90. The van der Waals surface area contributed by atoms with Crippen LogP contribution in [0.5, 0.6) is 0 Å². The summed E-state index contributed by atoms with van der Waals surface area (Å²) < 4.78 is 4.95. The monoisotopic (exact) mass is 307 g/mol. The highest BCUT2D eigenvalue weighted by Crippen LogP contribution is 2.15. The van der Waals surface area contributed by atoms with Gasteiger partial charge in [0.15, 0.2) is 5.78 Å². The van der Waals surface area contributed by atoms with Gasteiger partial charge < -0.3 is 4.74 Å². The highest BCUT2D eigenvalue weighted by Gasteiger charge is 2.13. The Bertz CT molecular complexity index is 759. The lowest BCUT2D eigenvalue weighted by molar-refractivity contribution is 0.0526. The number of nitriles is 1. The molecule has 0 atom stereocenters. The van der Waals surface area contributed by atoms with E-state index in [1.54, 1.807) is 49.4 Å². The van der Waals surface area contributed by atoms with Crippen LogP contribution in [0.25, 0.3) is 0 Å². The first-order valence-electron chi connectivity index (χ1n) is 7.43. The average Bonchev–Trinajstić information content (AvgIpc) is 2.60. The van der Waals surface area contributed by atoms with Crippen molar-refractivity contribution in [2.75, 3.05) is 6.61 Å². The number of carbonyl (C=O) groups excluding carboxylic acids is 2. The number of benzene rings is 2. The molecule has 2 aromatic rings. The van der Waals surface area contributed by atoms with E-state index >= 15 is 0 Å². The van der Waals surface area contributed by atoms with Crippen LogP contribution in [0, 0.1) is 11.3 Å². The minimum Gasteiger partial charge on any atom is -0.462 e. The molecule has 4 heteroatoms. The lowest BCUT2D eigenvalue weighted by atomic mass is 9.98. The number of hydrogen-bond acceptors (Lipinski definition) is 4. The number of nitrogens with zero attached hydrogens (tertiary/aromatic N) is 1. The second-order valence-corrected chi connectivity index (χ2v) is 4.99. The van der Waals surface area contributed by atoms with Crippen molar-refractivity contribution in [2.24, 2.45) is 0 Å². The normalized spacial score (nSPS) is 9.91. The molecule has 0 unspecified atom stereocenters. The summed E-state index contributed by atoms with van der Waals surface area (Å²) in [6.45, 7) is 2.03. The van der Waals surface area contributed by atoms with Gasteiger partial charge in [0.2, 0.25) is 0 Å². The summed E-state index contributed by atoms with van der Waals surface area (Å²) in [7, 11) is 0. The van der Waals surface area contributed by atoms with Crippen LogP contribution in [0.4, 0.5) is 0 Å². The molecule has 0 radical (unpaired) electrons. The minimum atomic E-state index is -0.440. The van der Waals surface area contributed by atoms with Gasteiger partial charge in [-0.3, -0.25) is 4.79 Å². The standard InChI is InChI=1S/C19H17NO3/c1-2-23-19(22)17-10-4-9-16(13-17)18(21)15-8-3-6-14(12-15)7-5-11-20/h3-4,6,8-10,12-13H,2,5,7H2,1H3. The van der Waals surface area contributed by atoms with Crippen LogP contribution in [-0.4, -0.2) is 18.4 Å². The van der Waals surface area contributed by atoms with E-state index in [0.717, 1.165) is 5.56 Å². The van der Waals surface area contributed by atoms with Gasteiger partial charge in [-0.1, -0.05) is 30.3 Å². The Morgan fingerprint density at radius 2 is 1.70 bits per heavy atom. The lowest BCUT2D eigenvalue weighted by Crippen LogP contribution is -2.07. The molecular weight excluding hydrogens is 290 g/mol. The van der Waals surface area contributed by atoms with Crippen molar-refractivity contribution in [1.29, 1.82) is 5.26 Å². The lowest BCUT2D eigenvalue weighted by Gasteiger charge is -2.06. The second-order valence-electron chi connectivity index (χ2n) is 4.99. The molecular formula is C19H17NO3. The summed E-state index contributed by atoms with van der Waals surface area (Å²) in [6, 6.07) is 15.8. The van der Waals surface area contributed by atoms with Crippen LogP contribution < -0.4 is 0 Å². The van der Waals surface area contributed by atoms with Crippen LogP contribution in [-0.2, 0) is 11.2 Å². The third-order valence-electron chi connectivity index (χ3n) is 3.35. The van der Waals surface area contributed by atoms with E-state index in [1.165, 1.54) is 0 Å². The summed E-state index contributed by atoms with van der Waals surface area (Å²) in [6.07, 6.45) is 1.02. The first kappa shape index (κ1) is 16.4. The first-order chi connectivity index (χ1) is 11.2. The van der Waals surface area contributed by atoms with Crippen molar-refractivity contribution in [2.45, 2.75) is 19.8 Å². The number of hydrogen-bond donors (Lipinski definition) is 0. The van der Waals surface area contributed by atoms with E-state index in [2.05, 4.69) is 6.07 Å². The van der Waals surface area contributed by atoms with Crippen molar-refractivity contribution in [3.05, 3.63) is 70.8 Å². The molecule has 0 aromatic heterocycles. The number of rotatable bonds is 6. The van der Waals surface area contributed by atoms with Crippen molar-refractivity contribution >= 4 is 11.8 Å². The van der Waals surface area contributed by atoms with E-state index in [1.807, 2.05) is 6.07 Å². The molecule has 0 fully saturated rings. The molecule has 0 saturated carbocycles. The number of esters is 1. The topological polar surface area (TPSA) is 67.2 Å². The molecule has 0 aliphatic carbocycles. The predicted molar refractivity (Wildman–Crippen MR) is 86.2 cm³/mol. The van der Waals surface area contributed by atoms with E-state index in [-0.39, 0.29) is 12.4 Å². The quantitative estimate of drug-likeness (QED) is 0.604. The Morgan fingerprint density at radius 1 is 1.04 bits per heavy atom. The van der Waals surface area contributed by atoms with Gasteiger partial charge in [-0.2, -0.15) is 5.26 Å². The average molecular weight is 307 g/mol. The molecule has 0 heterocycles. The van der Waals surface area contributed by atoms with Gasteiger partial charge in [-0.25, -0.2) is 4.79 Å². The van der Waals surface area contributed by atoms with Gasteiger partial charge in [-0.05, 0) is 37.1 Å². The van der Waals surface area contributed by atoms with Gasteiger partial charge in [0.25, 0.3) is 0 Å². The molecule has 0 bridgehead atoms. The predicted octanol–water partition coefficient (Wildman–Crippen LogP) is 3.55. The number of carbonyl (C=O) groups is 2. The molecule has 4 nitrogen and oxygen atoms in total. The van der Waals surface area contributed by atoms with Gasteiger partial charge >= 0.3 is 5.97 Å². The molecule has 0 N–H and O–H groups in total. The van der Waals surface area contributed by atoms with Crippen LogP contribution >= 0.6 is 0 Å². The van der Waals surface area contributed by atoms with Gasteiger partial charge in [0.1, 0.15) is 0 Å². The highest BCUT2D eigenvalue weighted by atomic mass is 16.5. The third kappa shape index (κ3) is 4.27. The third-order valence-corrected chi connectivity index (χ3v) is 3.35. The van der Waals surface area contributed by atoms with E-state index in [0.29, 0.717) is 29.5 Å². The Hall–Kier alpha value is -2.93. The van der Waals surface area contributed by atoms with E-state index in [4.69, 9.17) is 10.00 Å². The Labute approximate surface area is 135 Å². The Morgan fingerprint density at radius 3 is 2.39 bits per heavy atom. The minimum absolute atomic E-state index is 0.157. The van der Waals surface area contributed by atoms with Gasteiger partial charge in [0, 0.05) is 17.5 Å². The fourth-order valence-corrected chi connectivity index (χ4v) is 2.24. The van der Waals surface area contributed by atoms with Crippen LogP contribution in [0.15, 0.2) is 48.5 Å². The van der Waals surface area contributed by atoms with Gasteiger partial charge in [-0.15, -0.1) is 0 Å². The zero-order chi connectivity index (χ0) is 16.7. The molecule has 0 aliphatic heterocycles. The van der Waals surface area contributed by atoms with Crippen LogP contribution in [0.2, 0.25) is 0 Å². The smallest absolute Gasteiger partial charge is 0.338 e. The number of ketones is 1. The van der Waals surface area contributed by atoms with Gasteiger partial charge in [0.05, 0.1) is 18.2 Å². The largest absolute Gasteiger partial charge is 0.462 e. The maximum atomic E-state index is 12.6. The molecule has 2 aromatic carbocycles. The summed E-state index contributed by atoms with van der Waals surface area (Å²) in [5, 5.41) is 8.65. The highest BCUT2D eigenvalue weighted by molar-refractivity contribution is 6.10. The van der Waals surface area contributed by atoms with Crippen LogP contribution in [0.3, 0.4) is 0 Å². The number of ether oxygens (including phenoxy) is 1. The molecule has 0 amide bonds. The molecule has 0 aliphatic rings. The first-order valence-corrected chi connectivity index (χ1v) is 7.43. The van der Waals surface area contributed by atoms with E-state index < -0.39 is 5.97 Å².